The molecule has 1 heterocycles. The van der Waals surface area contributed by atoms with Crippen LogP contribution >= 0.6 is 11.6 Å². The van der Waals surface area contributed by atoms with Gasteiger partial charge in [-0.1, -0.05) is 20.8 Å². The SMILES string of the molecule is CC(CCl)CS(=O)(=O)N1CC(O)(C(C)C)C1. The van der Waals surface area contributed by atoms with Crippen LogP contribution in [-0.4, -0.2) is 48.2 Å². The van der Waals surface area contributed by atoms with Gasteiger partial charge in [-0.15, -0.1) is 11.6 Å². The van der Waals surface area contributed by atoms with Gasteiger partial charge in [0.1, 0.15) is 0 Å². The van der Waals surface area contributed by atoms with E-state index in [-0.39, 0.29) is 30.7 Å². The summed E-state index contributed by atoms with van der Waals surface area (Å²) in [6.45, 7) is 6.01. The Morgan fingerprint density at radius 2 is 1.88 bits per heavy atom. The molecule has 0 amide bonds. The number of aliphatic hydroxyl groups is 1. The standard InChI is InChI=1S/C10H20ClNO3S/c1-8(2)10(13)6-12(7-10)16(14,15)5-9(3)4-11/h8-9,13H,4-7H2,1-3H3. The zero-order valence-electron chi connectivity index (χ0n) is 9.98. The molecule has 1 unspecified atom stereocenters. The van der Waals surface area contributed by atoms with E-state index in [0.29, 0.717) is 5.88 Å². The van der Waals surface area contributed by atoms with Gasteiger partial charge in [-0.2, -0.15) is 4.31 Å². The van der Waals surface area contributed by atoms with Crippen LogP contribution < -0.4 is 0 Å². The van der Waals surface area contributed by atoms with Gasteiger partial charge in [0.2, 0.25) is 10.0 Å². The number of hydrogen-bond donors (Lipinski definition) is 1. The molecule has 1 atom stereocenters. The first-order valence-electron chi connectivity index (χ1n) is 5.47. The number of nitrogens with zero attached hydrogens (tertiary/aromatic N) is 1. The topological polar surface area (TPSA) is 57.6 Å². The highest BCUT2D eigenvalue weighted by molar-refractivity contribution is 7.89. The van der Waals surface area contributed by atoms with Crippen molar-refractivity contribution in [3.05, 3.63) is 0 Å². The second kappa shape index (κ2) is 4.80. The van der Waals surface area contributed by atoms with E-state index in [1.165, 1.54) is 4.31 Å². The van der Waals surface area contributed by atoms with Gasteiger partial charge >= 0.3 is 0 Å². The molecule has 1 saturated heterocycles. The third-order valence-electron chi connectivity index (χ3n) is 3.13. The van der Waals surface area contributed by atoms with Crippen LogP contribution in [0, 0.1) is 11.8 Å². The van der Waals surface area contributed by atoms with Gasteiger partial charge in [0, 0.05) is 19.0 Å². The number of β-amino-alcohol motifs (C(OH)–C–C–N with tert-alkyl or cyclic N) is 1. The summed E-state index contributed by atoms with van der Waals surface area (Å²) in [5.74, 6) is 0.412. The molecule has 0 spiro atoms. The summed E-state index contributed by atoms with van der Waals surface area (Å²) in [6, 6.07) is 0. The van der Waals surface area contributed by atoms with Crippen LogP contribution in [0.5, 0.6) is 0 Å². The highest BCUT2D eigenvalue weighted by Gasteiger charge is 2.48. The normalized spacial score (nSPS) is 23.1. The second-order valence-corrected chi connectivity index (χ2v) is 7.39. The maximum absolute atomic E-state index is 11.8. The molecule has 0 aromatic rings. The van der Waals surface area contributed by atoms with Crippen LogP contribution in [0.4, 0.5) is 0 Å². The van der Waals surface area contributed by atoms with E-state index < -0.39 is 15.6 Å². The lowest BCUT2D eigenvalue weighted by Gasteiger charge is -2.48. The molecule has 1 aliphatic rings. The van der Waals surface area contributed by atoms with Crippen LogP contribution in [0.15, 0.2) is 0 Å². The Kier molecular flexibility index (Phi) is 4.27. The molecule has 16 heavy (non-hydrogen) atoms. The third kappa shape index (κ3) is 2.88. The Labute approximate surface area is 103 Å². The molecular formula is C10H20ClNO3S. The van der Waals surface area contributed by atoms with E-state index in [2.05, 4.69) is 0 Å². The number of alkyl halides is 1. The first-order valence-corrected chi connectivity index (χ1v) is 7.62. The van der Waals surface area contributed by atoms with Gasteiger partial charge in [-0.05, 0) is 11.8 Å². The Hall–Kier alpha value is 0.160. The Balaban J connectivity index is 2.57. The Morgan fingerprint density at radius 1 is 1.38 bits per heavy atom. The van der Waals surface area contributed by atoms with Crippen molar-refractivity contribution in [3.63, 3.8) is 0 Å². The Bertz CT molecular complexity index is 336. The van der Waals surface area contributed by atoms with E-state index in [1.54, 1.807) is 6.92 Å². The lowest BCUT2D eigenvalue weighted by Crippen LogP contribution is -2.66. The number of rotatable bonds is 5. The smallest absolute Gasteiger partial charge is 0.214 e. The molecule has 6 heteroatoms. The summed E-state index contributed by atoms with van der Waals surface area (Å²) in [4.78, 5) is 0. The molecule has 1 N–H and O–H groups in total. The molecule has 0 aromatic heterocycles. The minimum Gasteiger partial charge on any atom is -0.387 e. The summed E-state index contributed by atoms with van der Waals surface area (Å²) in [6.07, 6.45) is 0. The maximum atomic E-state index is 11.8. The van der Waals surface area contributed by atoms with Gasteiger partial charge in [0.05, 0.1) is 11.4 Å². The van der Waals surface area contributed by atoms with Crippen molar-refractivity contribution < 1.29 is 13.5 Å². The summed E-state index contributed by atoms with van der Waals surface area (Å²) in [5, 5.41) is 9.98. The third-order valence-corrected chi connectivity index (χ3v) is 5.69. The van der Waals surface area contributed by atoms with E-state index in [4.69, 9.17) is 11.6 Å². The lowest BCUT2D eigenvalue weighted by molar-refractivity contribution is -0.0933. The summed E-state index contributed by atoms with van der Waals surface area (Å²) in [5.41, 5.74) is -0.850. The fourth-order valence-corrected chi connectivity index (χ4v) is 3.76. The van der Waals surface area contributed by atoms with Crippen LogP contribution in [0.1, 0.15) is 20.8 Å². The summed E-state index contributed by atoms with van der Waals surface area (Å²) < 4.78 is 25.0. The monoisotopic (exact) mass is 269 g/mol. The van der Waals surface area contributed by atoms with Crippen molar-refractivity contribution in [2.45, 2.75) is 26.4 Å². The molecule has 0 bridgehead atoms. The maximum Gasteiger partial charge on any atom is 0.214 e. The number of hydrogen-bond acceptors (Lipinski definition) is 3. The molecule has 0 aromatic carbocycles. The van der Waals surface area contributed by atoms with Crippen molar-refractivity contribution in [1.29, 1.82) is 0 Å². The quantitative estimate of drug-likeness (QED) is 0.755. The number of sulfonamides is 1. The van der Waals surface area contributed by atoms with E-state index >= 15 is 0 Å². The van der Waals surface area contributed by atoms with Crippen LogP contribution in [0.25, 0.3) is 0 Å². The molecule has 96 valence electrons. The summed E-state index contributed by atoms with van der Waals surface area (Å²) >= 11 is 5.60. The van der Waals surface area contributed by atoms with Gasteiger partial charge in [-0.25, -0.2) is 8.42 Å². The molecule has 0 aliphatic carbocycles. The van der Waals surface area contributed by atoms with E-state index in [9.17, 15) is 13.5 Å². The summed E-state index contributed by atoms with van der Waals surface area (Å²) in [7, 11) is -3.25. The van der Waals surface area contributed by atoms with Crippen LogP contribution in [0.2, 0.25) is 0 Å². The largest absolute Gasteiger partial charge is 0.387 e. The number of halogens is 1. The molecule has 0 saturated carbocycles. The van der Waals surface area contributed by atoms with Gasteiger partial charge in [0.15, 0.2) is 0 Å². The minimum absolute atomic E-state index is 0.0561. The van der Waals surface area contributed by atoms with Gasteiger partial charge in [0.25, 0.3) is 0 Å². The molecule has 0 radical (unpaired) electrons. The zero-order valence-corrected chi connectivity index (χ0v) is 11.6. The fourth-order valence-electron chi connectivity index (χ4n) is 1.64. The van der Waals surface area contributed by atoms with Gasteiger partial charge < -0.3 is 5.11 Å². The van der Waals surface area contributed by atoms with Crippen molar-refractivity contribution in [2.24, 2.45) is 11.8 Å². The van der Waals surface area contributed by atoms with Crippen molar-refractivity contribution in [3.8, 4) is 0 Å². The predicted octanol–water partition coefficient (Wildman–Crippen LogP) is 0.894. The van der Waals surface area contributed by atoms with Gasteiger partial charge in [-0.3, -0.25) is 0 Å². The van der Waals surface area contributed by atoms with E-state index in [1.807, 2.05) is 13.8 Å². The highest BCUT2D eigenvalue weighted by atomic mass is 35.5. The molecular weight excluding hydrogens is 250 g/mol. The molecule has 1 fully saturated rings. The fraction of sp³-hybridized carbons (Fsp3) is 1.00. The lowest BCUT2D eigenvalue weighted by atomic mass is 9.85. The van der Waals surface area contributed by atoms with Crippen LogP contribution in [0.3, 0.4) is 0 Å². The first kappa shape index (κ1) is 14.2. The van der Waals surface area contributed by atoms with Crippen LogP contribution in [-0.2, 0) is 10.0 Å². The van der Waals surface area contributed by atoms with E-state index in [0.717, 1.165) is 0 Å². The average molecular weight is 270 g/mol. The molecule has 1 rings (SSSR count). The Morgan fingerprint density at radius 3 is 2.25 bits per heavy atom. The van der Waals surface area contributed by atoms with Crippen molar-refractivity contribution >= 4 is 21.6 Å². The first-order chi connectivity index (χ1) is 7.21. The zero-order chi connectivity index (χ0) is 12.6. The highest BCUT2D eigenvalue weighted by Crippen LogP contribution is 2.31. The second-order valence-electron chi connectivity index (χ2n) is 5.06. The van der Waals surface area contributed by atoms with Crippen molar-refractivity contribution in [2.75, 3.05) is 24.7 Å². The molecule has 4 nitrogen and oxygen atoms in total. The molecule has 1 aliphatic heterocycles. The minimum atomic E-state index is -3.25. The predicted molar refractivity (Wildman–Crippen MR) is 65.0 cm³/mol. The average Bonchev–Trinajstić information content (AvgIpc) is 2.11. The van der Waals surface area contributed by atoms with Crippen molar-refractivity contribution in [1.82, 2.24) is 4.31 Å².